The smallest absolute Gasteiger partial charge is 0.434 e. The Labute approximate surface area is 230 Å². The van der Waals surface area contributed by atoms with Gasteiger partial charge in [0, 0.05) is 19.2 Å². The molecule has 13 heteroatoms. The van der Waals surface area contributed by atoms with Crippen molar-refractivity contribution in [1.29, 1.82) is 0 Å². The minimum absolute atomic E-state index is 0.0993. The van der Waals surface area contributed by atoms with Gasteiger partial charge >= 0.3 is 17.8 Å². The number of carboxylic acids is 1. The lowest BCUT2D eigenvalue weighted by molar-refractivity contribution is -0.386. The number of aliphatic carboxylic acids is 1. The maximum atomic E-state index is 13.2. The molecule has 0 bridgehead atoms. The summed E-state index contributed by atoms with van der Waals surface area (Å²) in [5.74, 6) is -2.45. The van der Waals surface area contributed by atoms with E-state index in [1.54, 1.807) is 0 Å². The van der Waals surface area contributed by atoms with Gasteiger partial charge in [0.15, 0.2) is 5.69 Å². The molecule has 2 rings (SSSR count). The van der Waals surface area contributed by atoms with Crippen molar-refractivity contribution in [3.63, 3.8) is 0 Å². The third kappa shape index (κ3) is 9.29. The maximum Gasteiger partial charge on any atom is 0.434 e. The molecule has 0 radical (unpaired) electrons. The second-order valence-electron chi connectivity index (χ2n) is 9.65. The second kappa shape index (κ2) is 14.4. The molecule has 1 aromatic carbocycles. The quantitative estimate of drug-likeness (QED) is 0.114. The van der Waals surface area contributed by atoms with Gasteiger partial charge in [0.2, 0.25) is 11.4 Å². The van der Waals surface area contributed by atoms with Crippen LogP contribution in [0, 0.1) is 10.1 Å². The highest BCUT2D eigenvalue weighted by Gasteiger charge is 2.40. The number of carboxylic acid groups (broad SMARTS) is 1. The molecule has 0 spiro atoms. The Hall–Kier alpha value is -3.02. The van der Waals surface area contributed by atoms with Gasteiger partial charge in [-0.1, -0.05) is 76.3 Å². The second-order valence-corrected chi connectivity index (χ2v) is 10.0. The Balaban J connectivity index is 2.10. The van der Waals surface area contributed by atoms with E-state index in [4.69, 9.17) is 21.1 Å². The lowest BCUT2D eigenvalue weighted by Gasteiger charge is -2.26. The number of rotatable bonds is 17. The predicted molar refractivity (Wildman–Crippen MR) is 140 cm³/mol. The fourth-order valence-corrected chi connectivity index (χ4v) is 4.45. The average Bonchev–Trinajstić information content (AvgIpc) is 3.12. The molecule has 1 heterocycles. The van der Waals surface area contributed by atoms with Gasteiger partial charge in [-0.05, 0) is 25.8 Å². The average molecular weight is 578 g/mol. The molecule has 0 saturated heterocycles. The van der Waals surface area contributed by atoms with Crippen LogP contribution in [0.2, 0.25) is 5.02 Å². The SMILES string of the molecule is CCCCCCCCCCCCC(C)(Oc1cc(Oc2nn(C)c(C(F)(F)F)c2Cl)ccc1[N+](=O)[O-])C(=O)O. The van der Waals surface area contributed by atoms with E-state index in [1.807, 2.05) is 0 Å². The first-order valence-electron chi connectivity index (χ1n) is 13.0. The van der Waals surface area contributed by atoms with Crippen molar-refractivity contribution in [3.8, 4) is 17.4 Å². The van der Waals surface area contributed by atoms with Crippen LogP contribution in [0.3, 0.4) is 0 Å². The summed E-state index contributed by atoms with van der Waals surface area (Å²) in [5, 5.41) is 24.3. The zero-order valence-electron chi connectivity index (χ0n) is 22.4. The molecule has 0 saturated carbocycles. The Kier molecular flexibility index (Phi) is 11.9. The Bertz CT molecular complexity index is 1130. The van der Waals surface area contributed by atoms with Crippen LogP contribution in [0.1, 0.15) is 90.2 Å². The van der Waals surface area contributed by atoms with Gasteiger partial charge in [-0.3, -0.25) is 14.8 Å². The highest BCUT2D eigenvalue weighted by atomic mass is 35.5. The van der Waals surface area contributed by atoms with Crippen molar-refractivity contribution >= 4 is 23.3 Å². The van der Waals surface area contributed by atoms with E-state index in [2.05, 4.69) is 12.0 Å². The van der Waals surface area contributed by atoms with Crippen LogP contribution in [-0.2, 0) is 18.0 Å². The highest BCUT2D eigenvalue weighted by Crippen LogP contribution is 2.42. The van der Waals surface area contributed by atoms with E-state index in [1.165, 1.54) is 39.0 Å². The highest BCUT2D eigenvalue weighted by molar-refractivity contribution is 6.32. The number of hydrogen-bond donors (Lipinski definition) is 1. The molecule has 1 unspecified atom stereocenters. The number of benzene rings is 1. The summed E-state index contributed by atoms with van der Waals surface area (Å²) in [5.41, 5.74) is -3.54. The zero-order chi connectivity index (χ0) is 29.2. The van der Waals surface area contributed by atoms with Crippen molar-refractivity contribution in [3.05, 3.63) is 39.0 Å². The zero-order valence-corrected chi connectivity index (χ0v) is 23.1. The first-order valence-corrected chi connectivity index (χ1v) is 13.4. The molecule has 9 nitrogen and oxygen atoms in total. The minimum Gasteiger partial charge on any atom is -0.478 e. The van der Waals surface area contributed by atoms with Gasteiger partial charge < -0.3 is 14.6 Å². The fourth-order valence-electron chi connectivity index (χ4n) is 4.14. The van der Waals surface area contributed by atoms with Crippen LogP contribution in [0.25, 0.3) is 0 Å². The summed E-state index contributed by atoms with van der Waals surface area (Å²) in [6, 6.07) is 3.18. The molecule has 0 aliphatic carbocycles. The third-order valence-corrected chi connectivity index (χ3v) is 6.71. The first kappa shape index (κ1) is 32.2. The Morgan fingerprint density at radius 1 is 1.10 bits per heavy atom. The lowest BCUT2D eigenvalue weighted by Crippen LogP contribution is -2.41. The third-order valence-electron chi connectivity index (χ3n) is 6.37. The fraction of sp³-hybridized carbons (Fsp3) is 0.615. The molecule has 0 amide bonds. The van der Waals surface area contributed by atoms with Gasteiger partial charge in [0.05, 0.1) is 4.92 Å². The van der Waals surface area contributed by atoms with Gasteiger partial charge in [-0.2, -0.15) is 13.2 Å². The molecule has 0 aliphatic heterocycles. The first-order chi connectivity index (χ1) is 18.3. The van der Waals surface area contributed by atoms with E-state index in [0.717, 1.165) is 50.9 Å². The van der Waals surface area contributed by atoms with E-state index in [0.29, 0.717) is 11.1 Å². The van der Waals surface area contributed by atoms with Crippen LogP contribution < -0.4 is 9.47 Å². The summed E-state index contributed by atoms with van der Waals surface area (Å²) >= 11 is 5.82. The monoisotopic (exact) mass is 577 g/mol. The lowest BCUT2D eigenvalue weighted by atomic mass is 9.97. The molecule has 0 fully saturated rings. The van der Waals surface area contributed by atoms with Gasteiger partial charge in [-0.25, -0.2) is 4.79 Å². The number of aromatic nitrogens is 2. The molecule has 2 aromatic rings. The molecule has 218 valence electrons. The summed E-state index contributed by atoms with van der Waals surface area (Å²) in [6.45, 7) is 3.50. The molecule has 1 atom stereocenters. The number of carbonyl (C=O) groups is 1. The predicted octanol–water partition coefficient (Wildman–Crippen LogP) is 8.33. The van der Waals surface area contributed by atoms with Crippen LogP contribution in [0.4, 0.5) is 18.9 Å². The van der Waals surface area contributed by atoms with E-state index >= 15 is 0 Å². The number of nitro groups is 1. The van der Waals surface area contributed by atoms with E-state index < -0.39 is 50.7 Å². The van der Waals surface area contributed by atoms with E-state index in [-0.39, 0.29) is 12.2 Å². The molecular formula is C26H35ClF3N3O6. The van der Waals surface area contributed by atoms with Crippen LogP contribution in [-0.4, -0.2) is 31.4 Å². The largest absolute Gasteiger partial charge is 0.478 e. The van der Waals surface area contributed by atoms with Crippen molar-refractivity contribution in [2.75, 3.05) is 0 Å². The Morgan fingerprint density at radius 3 is 2.15 bits per heavy atom. The minimum atomic E-state index is -4.79. The number of hydrogen-bond acceptors (Lipinski definition) is 6. The molecule has 1 N–H and O–H groups in total. The Morgan fingerprint density at radius 2 is 1.67 bits per heavy atom. The number of halogens is 4. The summed E-state index contributed by atoms with van der Waals surface area (Å²) in [6.07, 6.45) is 5.83. The topological polar surface area (TPSA) is 117 Å². The van der Waals surface area contributed by atoms with Crippen molar-refractivity contribution in [2.24, 2.45) is 7.05 Å². The molecule has 39 heavy (non-hydrogen) atoms. The summed E-state index contributed by atoms with van der Waals surface area (Å²) in [4.78, 5) is 22.9. The molecular weight excluding hydrogens is 543 g/mol. The number of alkyl halides is 3. The van der Waals surface area contributed by atoms with Gasteiger partial charge in [-0.15, -0.1) is 5.10 Å². The number of nitro benzene ring substituents is 1. The number of unbranched alkanes of at least 4 members (excludes halogenated alkanes) is 9. The van der Waals surface area contributed by atoms with E-state index in [9.17, 15) is 33.2 Å². The standard InChI is InChI=1S/C26H35ClF3N3O6/c1-4-5-6-7-8-9-10-11-12-13-16-25(2,24(34)35)39-20-17-18(14-15-19(20)33(36)37)38-23-21(27)22(26(28,29)30)32(3)31-23/h14-15,17H,4-13,16H2,1-3H3,(H,34,35). The maximum absolute atomic E-state index is 13.2. The van der Waals surface area contributed by atoms with Crippen molar-refractivity contribution < 1.29 is 37.5 Å². The normalized spacial score (nSPS) is 13.2. The molecule has 1 aromatic heterocycles. The van der Waals surface area contributed by atoms with Gasteiger partial charge in [0.1, 0.15) is 10.8 Å². The van der Waals surface area contributed by atoms with Crippen molar-refractivity contribution in [1.82, 2.24) is 9.78 Å². The van der Waals surface area contributed by atoms with Crippen molar-refractivity contribution in [2.45, 2.75) is 96.3 Å². The van der Waals surface area contributed by atoms with Crippen LogP contribution in [0.15, 0.2) is 18.2 Å². The number of aryl methyl sites for hydroxylation is 1. The van der Waals surface area contributed by atoms with Crippen LogP contribution in [0.5, 0.6) is 17.4 Å². The van der Waals surface area contributed by atoms with Crippen LogP contribution >= 0.6 is 11.6 Å². The molecule has 0 aliphatic rings. The van der Waals surface area contributed by atoms with Gasteiger partial charge in [0.25, 0.3) is 5.88 Å². The summed E-state index contributed by atoms with van der Waals surface area (Å²) < 4.78 is 51.2. The number of nitrogens with zero attached hydrogens (tertiary/aromatic N) is 3. The summed E-state index contributed by atoms with van der Waals surface area (Å²) in [7, 11) is 1.04. The number of ether oxygens (including phenoxy) is 2.